The molecule has 0 saturated carbocycles. The Morgan fingerprint density at radius 1 is 1.20 bits per heavy atom. The van der Waals surface area contributed by atoms with Crippen molar-refractivity contribution in [1.29, 1.82) is 0 Å². The van der Waals surface area contributed by atoms with Gasteiger partial charge in [0.2, 0.25) is 15.9 Å². The molecule has 1 aromatic heterocycles. The van der Waals surface area contributed by atoms with Gasteiger partial charge in [-0.05, 0) is 51.3 Å². The Bertz CT molecular complexity index is 1330. The van der Waals surface area contributed by atoms with Crippen LogP contribution in [0, 0.1) is 23.0 Å². The second kappa shape index (κ2) is 9.79. The molecule has 2 heterocycles. The van der Waals surface area contributed by atoms with Crippen LogP contribution in [0.15, 0.2) is 57.8 Å². The Kier molecular flexibility index (Phi) is 6.95. The maximum atomic E-state index is 13.4. The van der Waals surface area contributed by atoms with E-state index in [1.54, 1.807) is 11.8 Å². The first kappa shape index (κ1) is 24.9. The van der Waals surface area contributed by atoms with Crippen LogP contribution in [-0.4, -0.2) is 48.1 Å². The van der Waals surface area contributed by atoms with Crippen LogP contribution in [0.5, 0.6) is 0 Å². The van der Waals surface area contributed by atoms with Crippen LogP contribution in [0.3, 0.4) is 0 Å². The average molecular weight is 500 g/mol. The summed E-state index contributed by atoms with van der Waals surface area (Å²) in [6, 6.07) is 13.2. The molecule has 1 amide bonds. The van der Waals surface area contributed by atoms with E-state index in [0.717, 1.165) is 17.0 Å². The zero-order chi connectivity index (χ0) is 25.3. The summed E-state index contributed by atoms with van der Waals surface area (Å²) < 4.78 is 33.7. The lowest BCUT2D eigenvalue weighted by molar-refractivity contribution is -0.385. The standard InChI is InChI=1S/C25H29N3O6S/c1-4-27(18(3)23-15-20-7-5-6-8-22(20)34-23)25(29)19-11-13-26(14-12-19)35(32,33)24-16-21(28(30)31)10-9-17(24)2/h5-10,15-16,18-19H,4,11-14H2,1-3H3. The first-order valence-corrected chi connectivity index (χ1v) is 13.1. The van der Waals surface area contributed by atoms with Crippen LogP contribution in [0.2, 0.25) is 0 Å². The minimum absolute atomic E-state index is 0.0240. The number of fused-ring (bicyclic) bond motifs is 1. The summed E-state index contributed by atoms with van der Waals surface area (Å²) in [6.45, 7) is 6.33. The van der Waals surface area contributed by atoms with Gasteiger partial charge in [-0.3, -0.25) is 14.9 Å². The maximum absolute atomic E-state index is 13.4. The summed E-state index contributed by atoms with van der Waals surface area (Å²) in [7, 11) is -3.91. The van der Waals surface area contributed by atoms with Crippen LogP contribution in [0.4, 0.5) is 5.69 Å². The molecule has 0 radical (unpaired) electrons. The molecule has 1 fully saturated rings. The van der Waals surface area contributed by atoms with E-state index in [4.69, 9.17) is 4.42 Å². The number of amides is 1. The van der Waals surface area contributed by atoms with Crippen molar-refractivity contribution in [3.63, 3.8) is 0 Å². The number of nitro benzene ring substituents is 1. The highest BCUT2D eigenvalue weighted by Gasteiger charge is 2.36. The molecule has 35 heavy (non-hydrogen) atoms. The first-order valence-electron chi connectivity index (χ1n) is 11.7. The predicted octanol–water partition coefficient (Wildman–Crippen LogP) is 4.66. The summed E-state index contributed by atoms with van der Waals surface area (Å²) in [4.78, 5) is 25.6. The molecule has 0 bridgehead atoms. The first-order chi connectivity index (χ1) is 16.6. The van der Waals surface area contributed by atoms with Crippen molar-refractivity contribution in [3.8, 4) is 0 Å². The normalized spacial score (nSPS) is 16.3. The quantitative estimate of drug-likeness (QED) is 0.345. The molecule has 0 aliphatic carbocycles. The van der Waals surface area contributed by atoms with Crippen molar-refractivity contribution >= 4 is 32.6 Å². The molecule has 1 saturated heterocycles. The number of non-ortho nitro benzene ring substituents is 1. The second-order valence-electron chi connectivity index (χ2n) is 8.87. The molecule has 1 aliphatic heterocycles. The Balaban J connectivity index is 1.47. The summed E-state index contributed by atoms with van der Waals surface area (Å²) in [5.74, 6) is 0.381. The fourth-order valence-corrected chi connectivity index (χ4v) is 6.39. The van der Waals surface area contributed by atoms with Crippen LogP contribution >= 0.6 is 0 Å². The number of carbonyl (C=O) groups is 1. The predicted molar refractivity (Wildman–Crippen MR) is 131 cm³/mol. The van der Waals surface area contributed by atoms with Gasteiger partial charge in [-0.1, -0.05) is 24.3 Å². The van der Waals surface area contributed by atoms with Crippen molar-refractivity contribution in [2.75, 3.05) is 19.6 Å². The lowest BCUT2D eigenvalue weighted by Crippen LogP contribution is -2.45. The van der Waals surface area contributed by atoms with E-state index in [-0.39, 0.29) is 41.5 Å². The Morgan fingerprint density at radius 3 is 2.51 bits per heavy atom. The Morgan fingerprint density at radius 2 is 1.89 bits per heavy atom. The minimum Gasteiger partial charge on any atom is -0.459 e. The number of aryl methyl sites for hydroxylation is 1. The molecule has 0 N–H and O–H groups in total. The maximum Gasteiger partial charge on any atom is 0.270 e. The van der Waals surface area contributed by atoms with Crippen molar-refractivity contribution in [2.45, 2.75) is 44.6 Å². The number of hydrogen-bond donors (Lipinski definition) is 0. The SMILES string of the molecule is CCN(C(=O)C1CCN(S(=O)(=O)c2cc([N+](=O)[O-])ccc2C)CC1)C(C)c1cc2ccccc2o1. The Hall–Kier alpha value is -3.24. The van der Waals surface area contributed by atoms with Crippen molar-refractivity contribution in [2.24, 2.45) is 5.92 Å². The van der Waals surface area contributed by atoms with E-state index in [9.17, 15) is 23.3 Å². The van der Waals surface area contributed by atoms with Crippen LogP contribution in [0.25, 0.3) is 11.0 Å². The van der Waals surface area contributed by atoms with Crippen molar-refractivity contribution < 1.29 is 22.6 Å². The third kappa shape index (κ3) is 4.81. The molecule has 10 heteroatoms. The van der Waals surface area contributed by atoms with Crippen LogP contribution in [0.1, 0.15) is 44.1 Å². The minimum atomic E-state index is -3.91. The number of carbonyl (C=O) groups excluding carboxylic acids is 1. The molecule has 9 nitrogen and oxygen atoms in total. The summed E-state index contributed by atoms with van der Waals surface area (Å²) >= 11 is 0. The third-order valence-corrected chi connectivity index (χ3v) is 8.79. The lowest BCUT2D eigenvalue weighted by atomic mass is 9.95. The molecular weight excluding hydrogens is 470 g/mol. The monoisotopic (exact) mass is 499 g/mol. The van der Waals surface area contributed by atoms with Crippen molar-refractivity contribution in [3.05, 3.63) is 70.0 Å². The van der Waals surface area contributed by atoms with E-state index in [0.29, 0.717) is 30.7 Å². The molecule has 1 atom stereocenters. The van der Waals surface area contributed by atoms with Gasteiger partial charge in [0.1, 0.15) is 11.3 Å². The van der Waals surface area contributed by atoms with Crippen LogP contribution in [-0.2, 0) is 14.8 Å². The summed E-state index contributed by atoms with van der Waals surface area (Å²) in [6.07, 6.45) is 0.769. The number of sulfonamides is 1. The number of piperidine rings is 1. The summed E-state index contributed by atoms with van der Waals surface area (Å²) in [5, 5.41) is 12.1. The van der Waals surface area contributed by atoms with Crippen LogP contribution < -0.4 is 0 Å². The van der Waals surface area contributed by atoms with Gasteiger partial charge in [0.05, 0.1) is 15.9 Å². The van der Waals surface area contributed by atoms with Gasteiger partial charge in [0.15, 0.2) is 0 Å². The third-order valence-electron chi connectivity index (χ3n) is 6.75. The van der Waals surface area contributed by atoms with E-state index in [1.807, 2.05) is 44.2 Å². The molecule has 186 valence electrons. The van der Waals surface area contributed by atoms with Gasteiger partial charge in [-0.25, -0.2) is 8.42 Å². The fraction of sp³-hybridized carbons (Fsp3) is 0.400. The molecule has 2 aromatic carbocycles. The molecule has 4 rings (SSSR count). The molecular formula is C25H29N3O6S. The summed E-state index contributed by atoms with van der Waals surface area (Å²) in [5.41, 5.74) is 0.954. The number of furan rings is 1. The largest absolute Gasteiger partial charge is 0.459 e. The van der Waals surface area contributed by atoms with Crippen molar-refractivity contribution in [1.82, 2.24) is 9.21 Å². The average Bonchev–Trinajstić information content (AvgIpc) is 3.29. The Labute approximate surface area is 204 Å². The molecule has 0 spiro atoms. The van der Waals surface area contributed by atoms with E-state index in [1.165, 1.54) is 16.4 Å². The van der Waals surface area contributed by atoms with Gasteiger partial charge in [0.25, 0.3) is 5.69 Å². The topological polar surface area (TPSA) is 114 Å². The molecule has 1 aliphatic rings. The van der Waals surface area contributed by atoms with Gasteiger partial charge in [-0.2, -0.15) is 4.31 Å². The van der Waals surface area contributed by atoms with Gasteiger partial charge < -0.3 is 9.32 Å². The number of hydrogen-bond acceptors (Lipinski definition) is 6. The van der Waals surface area contributed by atoms with E-state index >= 15 is 0 Å². The molecule has 1 unspecified atom stereocenters. The second-order valence-corrected chi connectivity index (χ2v) is 10.8. The van der Waals surface area contributed by atoms with E-state index < -0.39 is 14.9 Å². The number of rotatable bonds is 7. The zero-order valence-electron chi connectivity index (χ0n) is 20.0. The smallest absolute Gasteiger partial charge is 0.270 e. The number of para-hydroxylation sites is 1. The highest BCUT2D eigenvalue weighted by molar-refractivity contribution is 7.89. The number of nitrogens with zero attached hydrogens (tertiary/aromatic N) is 3. The number of benzene rings is 2. The van der Waals surface area contributed by atoms with Gasteiger partial charge >= 0.3 is 0 Å². The lowest BCUT2D eigenvalue weighted by Gasteiger charge is -2.35. The fourth-order valence-electron chi connectivity index (χ4n) is 4.68. The molecule has 3 aromatic rings. The highest BCUT2D eigenvalue weighted by Crippen LogP contribution is 2.32. The van der Waals surface area contributed by atoms with Gasteiger partial charge in [-0.15, -0.1) is 0 Å². The zero-order valence-corrected chi connectivity index (χ0v) is 20.8. The highest BCUT2D eigenvalue weighted by atomic mass is 32.2. The van der Waals surface area contributed by atoms with Gasteiger partial charge in [0, 0.05) is 43.1 Å². The van der Waals surface area contributed by atoms with E-state index in [2.05, 4.69) is 0 Å². The number of nitro groups is 1.